The summed E-state index contributed by atoms with van der Waals surface area (Å²) in [6.45, 7) is 12.4. The topological polar surface area (TPSA) is 96.1 Å². The van der Waals surface area contributed by atoms with Crippen LogP contribution in [0.2, 0.25) is 0 Å². The predicted octanol–water partition coefficient (Wildman–Crippen LogP) is 3.25. The second-order valence-electron chi connectivity index (χ2n) is 7.76. The van der Waals surface area contributed by atoms with Crippen LogP contribution in [-0.2, 0) is 16.6 Å². The zero-order valence-electron chi connectivity index (χ0n) is 16.8. The van der Waals surface area contributed by atoms with Crippen LogP contribution in [0.25, 0.3) is 0 Å². The molecule has 3 N–H and O–H groups in total. The molecule has 0 aliphatic carbocycles. The van der Waals surface area contributed by atoms with E-state index in [1.54, 1.807) is 6.07 Å². The highest BCUT2D eigenvalue weighted by Gasteiger charge is 2.19. The third-order valence-corrected chi connectivity index (χ3v) is 4.32. The lowest BCUT2D eigenvalue weighted by Crippen LogP contribution is -2.42. The molecule has 2 aromatic rings. The molecule has 1 aromatic heterocycles. The van der Waals surface area contributed by atoms with E-state index in [9.17, 15) is 9.59 Å². The second kappa shape index (κ2) is 8.24. The van der Waals surface area contributed by atoms with E-state index in [0.29, 0.717) is 6.42 Å². The number of hydrogen-bond acceptors (Lipinski definition) is 4. The van der Waals surface area contributed by atoms with Crippen LogP contribution in [0.5, 0.6) is 0 Å². The maximum Gasteiger partial charge on any atom is 0.426 e. The van der Waals surface area contributed by atoms with E-state index in [1.165, 1.54) is 22.3 Å². The van der Waals surface area contributed by atoms with E-state index in [4.69, 9.17) is 4.74 Å². The number of benzene rings is 1. The first-order chi connectivity index (χ1) is 12.6. The van der Waals surface area contributed by atoms with Crippen LogP contribution in [0, 0.1) is 20.8 Å². The number of hydrazine groups is 1. The van der Waals surface area contributed by atoms with Gasteiger partial charge in [-0.1, -0.05) is 38.5 Å². The van der Waals surface area contributed by atoms with Gasteiger partial charge in [0.15, 0.2) is 5.69 Å². The number of ether oxygens (including phenoxy) is 1. The van der Waals surface area contributed by atoms with Crippen LogP contribution in [0.15, 0.2) is 18.2 Å². The molecule has 7 nitrogen and oxygen atoms in total. The van der Waals surface area contributed by atoms with E-state index in [0.717, 1.165) is 5.69 Å². The third kappa shape index (κ3) is 5.57. The fraction of sp³-hybridized carbons (Fsp3) is 0.450. The Labute approximate surface area is 159 Å². The number of carbonyl (C=O) groups is 2. The summed E-state index contributed by atoms with van der Waals surface area (Å²) in [5.74, 6) is -0.510. The van der Waals surface area contributed by atoms with Crippen LogP contribution in [-0.4, -0.2) is 28.8 Å². The molecule has 0 radical (unpaired) electrons. The Morgan fingerprint density at radius 3 is 2.26 bits per heavy atom. The minimum atomic E-state index is -0.711. The van der Waals surface area contributed by atoms with Gasteiger partial charge in [-0.05, 0) is 43.5 Å². The molecule has 1 heterocycles. The largest absolute Gasteiger partial charge is 0.448 e. The van der Waals surface area contributed by atoms with Gasteiger partial charge in [-0.15, -0.1) is 0 Å². The van der Waals surface area contributed by atoms with Crippen molar-refractivity contribution in [3.63, 3.8) is 0 Å². The van der Waals surface area contributed by atoms with Crippen molar-refractivity contribution in [2.45, 2.75) is 53.4 Å². The summed E-state index contributed by atoms with van der Waals surface area (Å²) >= 11 is 0. The molecule has 0 unspecified atom stereocenters. The highest BCUT2D eigenvalue weighted by molar-refractivity contribution is 5.93. The Hall–Kier alpha value is -2.83. The minimum absolute atomic E-state index is 0.149. The molecule has 0 aliphatic rings. The van der Waals surface area contributed by atoms with Crippen molar-refractivity contribution in [1.29, 1.82) is 0 Å². The smallest absolute Gasteiger partial charge is 0.426 e. The van der Waals surface area contributed by atoms with Gasteiger partial charge in [-0.25, -0.2) is 10.2 Å². The molecule has 2 amide bonds. The number of nitrogens with zero attached hydrogens (tertiary/aromatic N) is 1. The molecule has 2 rings (SSSR count). The summed E-state index contributed by atoms with van der Waals surface area (Å²) in [7, 11) is 0. The molecule has 0 saturated heterocycles. The number of nitrogens with one attached hydrogen (secondary N) is 3. The van der Waals surface area contributed by atoms with Crippen molar-refractivity contribution in [2.24, 2.45) is 0 Å². The lowest BCUT2D eigenvalue weighted by atomic mass is 9.92. The van der Waals surface area contributed by atoms with Crippen molar-refractivity contribution in [3.8, 4) is 0 Å². The summed E-state index contributed by atoms with van der Waals surface area (Å²) < 4.78 is 5.14. The SMILES string of the molecule is Cc1cc(C)c(CCOC(=O)NNC(=O)c2cc(C(C)(C)C)[nH]n2)c(C)c1. The van der Waals surface area contributed by atoms with Crippen molar-refractivity contribution < 1.29 is 14.3 Å². The van der Waals surface area contributed by atoms with Crippen LogP contribution >= 0.6 is 0 Å². The number of rotatable bonds is 4. The Balaban J connectivity index is 1.80. The third-order valence-electron chi connectivity index (χ3n) is 4.32. The maximum absolute atomic E-state index is 12.0. The lowest BCUT2D eigenvalue weighted by Gasteiger charge is -2.14. The highest BCUT2D eigenvalue weighted by atomic mass is 16.6. The molecule has 0 bridgehead atoms. The zero-order valence-corrected chi connectivity index (χ0v) is 16.8. The fourth-order valence-electron chi connectivity index (χ4n) is 2.88. The standard InChI is InChI=1S/C20H28N4O3/c1-12-9-13(2)15(14(3)10-12)7-8-27-19(26)24-23-18(25)16-11-17(22-21-16)20(4,5)6/h9-11H,7-8H2,1-6H3,(H,21,22)(H,23,25)(H,24,26). The summed E-state index contributed by atoms with van der Waals surface area (Å²) in [6.07, 6.45) is -0.0921. The maximum atomic E-state index is 12.0. The number of amides is 2. The summed E-state index contributed by atoms with van der Waals surface area (Å²) in [5.41, 5.74) is 10.2. The van der Waals surface area contributed by atoms with Crippen LogP contribution in [0.3, 0.4) is 0 Å². The van der Waals surface area contributed by atoms with Gasteiger partial charge in [0, 0.05) is 17.5 Å². The molecule has 0 fully saturated rings. The van der Waals surface area contributed by atoms with Gasteiger partial charge in [0.2, 0.25) is 0 Å². The summed E-state index contributed by atoms with van der Waals surface area (Å²) in [5, 5.41) is 6.79. The number of hydrogen-bond donors (Lipinski definition) is 3. The average molecular weight is 372 g/mol. The van der Waals surface area contributed by atoms with Gasteiger partial charge in [-0.2, -0.15) is 5.10 Å². The number of aromatic nitrogens is 2. The number of aryl methyl sites for hydroxylation is 3. The van der Waals surface area contributed by atoms with E-state index in [-0.39, 0.29) is 17.7 Å². The first kappa shape index (κ1) is 20.5. The van der Waals surface area contributed by atoms with Gasteiger partial charge >= 0.3 is 6.09 Å². The number of aromatic amines is 1. The van der Waals surface area contributed by atoms with E-state index >= 15 is 0 Å². The average Bonchev–Trinajstić information content (AvgIpc) is 3.05. The molecule has 7 heteroatoms. The minimum Gasteiger partial charge on any atom is -0.448 e. The van der Waals surface area contributed by atoms with Gasteiger partial charge < -0.3 is 4.74 Å². The molecule has 27 heavy (non-hydrogen) atoms. The molecular weight excluding hydrogens is 344 g/mol. The van der Waals surface area contributed by atoms with E-state index < -0.39 is 12.0 Å². The van der Waals surface area contributed by atoms with Crippen molar-refractivity contribution >= 4 is 12.0 Å². The van der Waals surface area contributed by atoms with E-state index in [1.807, 2.05) is 34.6 Å². The van der Waals surface area contributed by atoms with Gasteiger partial charge in [0.25, 0.3) is 5.91 Å². The summed E-state index contributed by atoms with van der Waals surface area (Å²) in [4.78, 5) is 23.8. The van der Waals surface area contributed by atoms with Crippen molar-refractivity contribution in [3.05, 3.63) is 51.8 Å². The Morgan fingerprint density at radius 1 is 1.07 bits per heavy atom. The first-order valence-electron chi connectivity index (χ1n) is 8.93. The van der Waals surface area contributed by atoms with Crippen molar-refractivity contribution in [2.75, 3.05) is 6.61 Å². The molecule has 146 valence electrons. The normalized spacial score (nSPS) is 11.2. The summed E-state index contributed by atoms with van der Waals surface area (Å²) in [6, 6.07) is 5.88. The molecule has 0 spiro atoms. The number of H-pyrrole nitrogens is 1. The monoisotopic (exact) mass is 372 g/mol. The molecular formula is C20H28N4O3. The van der Waals surface area contributed by atoms with Crippen LogP contribution in [0.4, 0.5) is 4.79 Å². The molecule has 0 aliphatic heterocycles. The lowest BCUT2D eigenvalue weighted by molar-refractivity contribution is 0.0905. The number of carbonyl (C=O) groups excluding carboxylic acids is 2. The Morgan fingerprint density at radius 2 is 1.70 bits per heavy atom. The van der Waals surface area contributed by atoms with Crippen LogP contribution < -0.4 is 10.9 Å². The van der Waals surface area contributed by atoms with E-state index in [2.05, 4.69) is 40.1 Å². The molecule has 1 aromatic carbocycles. The van der Waals surface area contributed by atoms with Gasteiger partial charge in [-0.3, -0.25) is 15.3 Å². The first-order valence-corrected chi connectivity index (χ1v) is 8.93. The van der Waals surface area contributed by atoms with Gasteiger partial charge in [0.1, 0.15) is 0 Å². The Bertz CT molecular complexity index is 811. The predicted molar refractivity (Wildman–Crippen MR) is 104 cm³/mol. The highest BCUT2D eigenvalue weighted by Crippen LogP contribution is 2.20. The molecule has 0 saturated carbocycles. The van der Waals surface area contributed by atoms with Gasteiger partial charge in [0.05, 0.1) is 6.61 Å². The zero-order chi connectivity index (χ0) is 20.2. The quantitative estimate of drug-likeness (QED) is 0.718. The molecule has 0 atom stereocenters. The van der Waals surface area contributed by atoms with Crippen molar-refractivity contribution in [1.82, 2.24) is 21.0 Å². The Kier molecular flexibility index (Phi) is 6.25. The second-order valence-corrected chi connectivity index (χ2v) is 7.76. The fourth-order valence-corrected chi connectivity index (χ4v) is 2.88. The van der Waals surface area contributed by atoms with Crippen LogP contribution in [0.1, 0.15) is 59.2 Å².